The van der Waals surface area contributed by atoms with Crippen LogP contribution < -0.4 is 5.32 Å². The van der Waals surface area contributed by atoms with Crippen molar-refractivity contribution in [2.24, 2.45) is 0 Å². The molecule has 2 N–H and O–H groups in total. The van der Waals surface area contributed by atoms with E-state index in [4.69, 9.17) is 5.11 Å². The third-order valence-corrected chi connectivity index (χ3v) is 4.13. The van der Waals surface area contributed by atoms with Gasteiger partial charge in [0.1, 0.15) is 0 Å². The van der Waals surface area contributed by atoms with Crippen LogP contribution in [0.2, 0.25) is 0 Å². The number of hydrogen-bond acceptors (Lipinski definition) is 5. The Kier molecular flexibility index (Phi) is 4.16. The Morgan fingerprint density at radius 3 is 2.84 bits per heavy atom. The fourth-order valence-corrected chi connectivity index (χ4v) is 2.49. The van der Waals surface area contributed by atoms with Gasteiger partial charge in [0.05, 0.1) is 0 Å². The van der Waals surface area contributed by atoms with Crippen LogP contribution in [0.3, 0.4) is 0 Å². The van der Waals surface area contributed by atoms with E-state index in [2.05, 4.69) is 29.2 Å². The van der Waals surface area contributed by atoms with E-state index in [1.165, 1.54) is 18.2 Å². The molecule has 1 unspecified atom stereocenters. The Balaban J connectivity index is 1.84. The fourth-order valence-electron chi connectivity index (χ4n) is 1.78. The number of carbonyl (C=O) groups is 2. The van der Waals surface area contributed by atoms with E-state index in [0.717, 1.165) is 11.3 Å². The molecule has 0 aliphatic heterocycles. The standard InChI is InChI=1S/C12H17N3O3S/c1-7(15(2)8-3-4-8)5-13-10(16)11-14-9(6-19-11)12(17)18/h6-8H,3-5H2,1-2H3,(H,13,16)(H,17,18). The predicted octanol–water partition coefficient (Wildman–Crippen LogP) is 1.05. The van der Waals surface area contributed by atoms with Gasteiger partial charge in [-0.05, 0) is 26.8 Å². The second-order valence-corrected chi connectivity index (χ2v) is 5.66. The Morgan fingerprint density at radius 1 is 1.63 bits per heavy atom. The minimum atomic E-state index is -1.11. The summed E-state index contributed by atoms with van der Waals surface area (Å²) in [6, 6.07) is 0.903. The van der Waals surface area contributed by atoms with Crippen molar-refractivity contribution in [3.8, 4) is 0 Å². The topological polar surface area (TPSA) is 82.5 Å². The van der Waals surface area contributed by atoms with Crippen molar-refractivity contribution in [3.05, 3.63) is 16.1 Å². The van der Waals surface area contributed by atoms with Crippen LogP contribution >= 0.6 is 11.3 Å². The Labute approximate surface area is 115 Å². The average Bonchev–Trinajstić information content (AvgIpc) is 3.10. The molecule has 104 valence electrons. The average molecular weight is 283 g/mol. The molecule has 1 fully saturated rings. The van der Waals surface area contributed by atoms with Gasteiger partial charge in [0.25, 0.3) is 5.91 Å². The van der Waals surface area contributed by atoms with Crippen molar-refractivity contribution in [3.63, 3.8) is 0 Å². The van der Waals surface area contributed by atoms with Crippen molar-refractivity contribution in [1.82, 2.24) is 15.2 Å². The zero-order valence-corrected chi connectivity index (χ0v) is 11.7. The molecule has 0 saturated heterocycles. The lowest BCUT2D eigenvalue weighted by atomic mass is 10.3. The van der Waals surface area contributed by atoms with Gasteiger partial charge in [-0.1, -0.05) is 0 Å². The highest BCUT2D eigenvalue weighted by molar-refractivity contribution is 7.11. The zero-order valence-electron chi connectivity index (χ0n) is 10.9. The van der Waals surface area contributed by atoms with E-state index in [9.17, 15) is 9.59 Å². The molecule has 1 atom stereocenters. The summed E-state index contributed by atoms with van der Waals surface area (Å²) >= 11 is 1.05. The molecule has 0 bridgehead atoms. The van der Waals surface area contributed by atoms with E-state index in [0.29, 0.717) is 12.6 Å². The lowest BCUT2D eigenvalue weighted by Crippen LogP contribution is -2.41. The number of carboxylic acid groups (broad SMARTS) is 1. The maximum atomic E-state index is 11.8. The molecule has 1 saturated carbocycles. The molecule has 0 spiro atoms. The van der Waals surface area contributed by atoms with Crippen LogP contribution in [0.4, 0.5) is 0 Å². The van der Waals surface area contributed by atoms with Crippen molar-refractivity contribution in [2.75, 3.05) is 13.6 Å². The van der Waals surface area contributed by atoms with Crippen molar-refractivity contribution < 1.29 is 14.7 Å². The summed E-state index contributed by atoms with van der Waals surface area (Å²) in [5.74, 6) is -1.43. The van der Waals surface area contributed by atoms with Gasteiger partial charge in [-0.25, -0.2) is 9.78 Å². The highest BCUT2D eigenvalue weighted by Gasteiger charge is 2.29. The van der Waals surface area contributed by atoms with Gasteiger partial charge >= 0.3 is 5.97 Å². The molecular weight excluding hydrogens is 266 g/mol. The summed E-state index contributed by atoms with van der Waals surface area (Å²) in [6.07, 6.45) is 2.45. The number of nitrogens with zero attached hydrogens (tertiary/aromatic N) is 2. The Bertz CT molecular complexity index is 484. The van der Waals surface area contributed by atoms with Crippen LogP contribution in [0.25, 0.3) is 0 Å². The molecule has 1 aromatic rings. The minimum Gasteiger partial charge on any atom is -0.476 e. The van der Waals surface area contributed by atoms with Gasteiger partial charge in [0.15, 0.2) is 10.7 Å². The van der Waals surface area contributed by atoms with Crippen molar-refractivity contribution >= 4 is 23.2 Å². The van der Waals surface area contributed by atoms with Crippen molar-refractivity contribution in [2.45, 2.75) is 31.8 Å². The first-order valence-corrected chi connectivity index (χ1v) is 7.06. The van der Waals surface area contributed by atoms with Gasteiger partial charge < -0.3 is 10.4 Å². The maximum Gasteiger partial charge on any atom is 0.355 e. The molecule has 1 amide bonds. The van der Waals surface area contributed by atoms with Crippen LogP contribution in [0.1, 0.15) is 40.1 Å². The normalized spacial score (nSPS) is 16.4. The number of aromatic carboxylic acids is 1. The molecule has 1 aliphatic rings. The van der Waals surface area contributed by atoms with E-state index in [-0.39, 0.29) is 22.7 Å². The molecule has 7 heteroatoms. The molecular formula is C12H17N3O3S. The number of carboxylic acids is 1. The molecule has 0 aromatic carbocycles. The van der Waals surface area contributed by atoms with E-state index in [1.54, 1.807) is 0 Å². The van der Waals surface area contributed by atoms with Crippen molar-refractivity contribution in [1.29, 1.82) is 0 Å². The number of rotatable bonds is 6. The van der Waals surface area contributed by atoms with Gasteiger partial charge in [-0.15, -0.1) is 11.3 Å². The quantitative estimate of drug-likeness (QED) is 0.815. The highest BCUT2D eigenvalue weighted by atomic mass is 32.1. The summed E-state index contributed by atoms with van der Waals surface area (Å²) in [5, 5.41) is 13.1. The molecule has 6 nitrogen and oxygen atoms in total. The van der Waals surface area contributed by atoms with Gasteiger partial charge in [-0.3, -0.25) is 9.69 Å². The Hall–Kier alpha value is -1.47. The first-order valence-electron chi connectivity index (χ1n) is 6.18. The first-order chi connectivity index (χ1) is 8.99. The third-order valence-electron chi connectivity index (χ3n) is 3.29. The number of likely N-dealkylation sites (N-methyl/N-ethyl adjacent to an activating group) is 1. The van der Waals surface area contributed by atoms with E-state index < -0.39 is 5.97 Å². The number of hydrogen-bond donors (Lipinski definition) is 2. The highest BCUT2D eigenvalue weighted by Crippen LogP contribution is 2.26. The lowest BCUT2D eigenvalue weighted by Gasteiger charge is -2.24. The molecule has 1 aliphatic carbocycles. The summed E-state index contributed by atoms with van der Waals surface area (Å²) in [6.45, 7) is 2.59. The van der Waals surface area contributed by atoms with Crippen LogP contribution in [0.15, 0.2) is 5.38 Å². The number of thiazole rings is 1. The second kappa shape index (κ2) is 5.66. The summed E-state index contributed by atoms with van der Waals surface area (Å²) in [7, 11) is 2.06. The predicted molar refractivity (Wildman–Crippen MR) is 71.7 cm³/mol. The van der Waals surface area contributed by atoms with Gasteiger partial charge in [0.2, 0.25) is 0 Å². The summed E-state index contributed by atoms with van der Waals surface area (Å²) in [4.78, 5) is 28.5. The summed E-state index contributed by atoms with van der Waals surface area (Å²) in [5.41, 5.74) is -0.0849. The van der Waals surface area contributed by atoms with Gasteiger partial charge in [0, 0.05) is 24.0 Å². The fraction of sp³-hybridized carbons (Fsp3) is 0.583. The monoisotopic (exact) mass is 283 g/mol. The van der Waals surface area contributed by atoms with Crippen LogP contribution in [0.5, 0.6) is 0 Å². The van der Waals surface area contributed by atoms with Gasteiger partial charge in [-0.2, -0.15) is 0 Å². The largest absolute Gasteiger partial charge is 0.476 e. The van der Waals surface area contributed by atoms with Crippen LogP contribution in [0, 0.1) is 0 Å². The molecule has 0 radical (unpaired) electrons. The van der Waals surface area contributed by atoms with Crippen LogP contribution in [-0.4, -0.2) is 52.5 Å². The lowest BCUT2D eigenvalue weighted by molar-refractivity contribution is 0.0691. The Morgan fingerprint density at radius 2 is 2.32 bits per heavy atom. The van der Waals surface area contributed by atoms with E-state index in [1.807, 2.05) is 0 Å². The second-order valence-electron chi connectivity index (χ2n) is 4.80. The molecule has 19 heavy (non-hydrogen) atoms. The number of nitrogens with one attached hydrogen (secondary N) is 1. The molecule has 2 rings (SSSR count). The maximum absolute atomic E-state index is 11.8. The minimum absolute atomic E-state index is 0.0849. The molecule has 1 heterocycles. The number of amides is 1. The third kappa shape index (κ3) is 3.51. The smallest absolute Gasteiger partial charge is 0.355 e. The number of carbonyl (C=O) groups excluding carboxylic acids is 1. The van der Waals surface area contributed by atoms with E-state index >= 15 is 0 Å². The molecule has 1 aromatic heterocycles. The van der Waals surface area contributed by atoms with Crippen LogP contribution in [-0.2, 0) is 0 Å². The SMILES string of the molecule is CC(CNC(=O)c1nc(C(=O)O)cs1)N(C)C1CC1. The number of aromatic nitrogens is 1. The summed E-state index contributed by atoms with van der Waals surface area (Å²) < 4.78 is 0. The zero-order chi connectivity index (χ0) is 14.0. The first kappa shape index (κ1) is 14.0.